The Morgan fingerprint density at radius 3 is 2.36 bits per heavy atom. The lowest BCUT2D eigenvalue weighted by atomic mass is 9.75. The third kappa shape index (κ3) is 2.16. The molecule has 0 atom stereocenters. The molecule has 1 saturated carbocycles. The highest BCUT2D eigenvalue weighted by molar-refractivity contribution is 6.61. The third-order valence-corrected chi connectivity index (χ3v) is 5.33. The molecule has 4 heteroatoms. The van der Waals surface area contributed by atoms with E-state index in [0.29, 0.717) is 6.61 Å². The van der Waals surface area contributed by atoms with Crippen molar-refractivity contribution in [2.24, 2.45) is 0 Å². The Labute approximate surface area is 133 Å². The Kier molecular flexibility index (Phi) is 3.08. The number of rotatable bonds is 1. The van der Waals surface area contributed by atoms with Crippen molar-refractivity contribution in [1.82, 2.24) is 0 Å². The van der Waals surface area contributed by atoms with Gasteiger partial charge >= 0.3 is 7.12 Å². The quantitative estimate of drug-likeness (QED) is 0.745. The molecule has 0 N–H and O–H groups in total. The zero-order valence-electron chi connectivity index (χ0n) is 14.1. The molecule has 0 radical (unpaired) electrons. The van der Waals surface area contributed by atoms with Crippen molar-refractivity contribution in [3.05, 3.63) is 29.3 Å². The second kappa shape index (κ2) is 4.59. The van der Waals surface area contributed by atoms with Crippen LogP contribution in [0, 0.1) is 0 Å². The average molecular weight is 300 g/mol. The summed E-state index contributed by atoms with van der Waals surface area (Å²) in [6, 6.07) is 6.66. The summed E-state index contributed by atoms with van der Waals surface area (Å²) in [5.74, 6) is 0. The number of ether oxygens (including phenoxy) is 1. The molecular formula is C18H25BO3. The molecular weight excluding hydrogens is 275 g/mol. The van der Waals surface area contributed by atoms with Crippen LogP contribution in [0.4, 0.5) is 0 Å². The highest BCUT2D eigenvalue weighted by Gasteiger charge is 2.50. The zero-order valence-corrected chi connectivity index (χ0v) is 14.1. The van der Waals surface area contributed by atoms with E-state index in [2.05, 4.69) is 45.9 Å². The number of hydrogen-bond acceptors (Lipinski definition) is 3. The minimum Gasteiger partial charge on any atom is -0.404 e. The van der Waals surface area contributed by atoms with E-state index in [4.69, 9.17) is 14.0 Å². The van der Waals surface area contributed by atoms with Gasteiger partial charge in [0.25, 0.3) is 0 Å². The predicted octanol–water partition coefficient (Wildman–Crippen LogP) is 3.24. The first-order valence-electron chi connectivity index (χ1n) is 8.46. The number of hydrogen-bond donors (Lipinski definition) is 0. The van der Waals surface area contributed by atoms with Gasteiger partial charge in [-0.25, -0.2) is 0 Å². The van der Waals surface area contributed by atoms with Crippen molar-refractivity contribution in [3.8, 4) is 0 Å². The minimum atomic E-state index is -0.253. The largest absolute Gasteiger partial charge is 0.494 e. The van der Waals surface area contributed by atoms with Crippen LogP contribution in [0.3, 0.4) is 0 Å². The van der Waals surface area contributed by atoms with Crippen molar-refractivity contribution in [3.63, 3.8) is 0 Å². The number of fused-ring (bicyclic) bond motifs is 2. The third-order valence-electron chi connectivity index (χ3n) is 5.33. The first-order chi connectivity index (χ1) is 10.3. The normalized spacial score (nSPS) is 27.5. The summed E-state index contributed by atoms with van der Waals surface area (Å²) in [7, 11) is -0.253. The van der Waals surface area contributed by atoms with E-state index in [1.807, 2.05) is 0 Å². The van der Waals surface area contributed by atoms with Crippen LogP contribution >= 0.6 is 0 Å². The molecule has 2 fully saturated rings. The standard InChI is InChI=1S/C18H25BO3/c1-16(2)12-20-19(22-16)13-7-8-14-15(11-13)17(3,4)21-18(14)9-5-6-10-18/h7-8,11H,5-6,9-10,12H2,1-4H3. The molecule has 4 rings (SSSR count). The van der Waals surface area contributed by atoms with Gasteiger partial charge in [0.05, 0.1) is 23.4 Å². The molecule has 2 aliphatic heterocycles. The Hall–Kier alpha value is -0.835. The summed E-state index contributed by atoms with van der Waals surface area (Å²) < 4.78 is 18.4. The van der Waals surface area contributed by atoms with Crippen LogP contribution in [0.5, 0.6) is 0 Å². The topological polar surface area (TPSA) is 27.7 Å². The Morgan fingerprint density at radius 2 is 1.73 bits per heavy atom. The van der Waals surface area contributed by atoms with Crippen LogP contribution < -0.4 is 5.46 Å². The van der Waals surface area contributed by atoms with Crippen molar-refractivity contribution >= 4 is 12.6 Å². The second-order valence-electron chi connectivity index (χ2n) is 8.14. The van der Waals surface area contributed by atoms with Gasteiger partial charge < -0.3 is 14.0 Å². The van der Waals surface area contributed by atoms with Crippen molar-refractivity contribution in [2.45, 2.75) is 70.2 Å². The van der Waals surface area contributed by atoms with Crippen LogP contribution in [-0.4, -0.2) is 19.3 Å². The molecule has 22 heavy (non-hydrogen) atoms. The molecule has 118 valence electrons. The smallest absolute Gasteiger partial charge is 0.404 e. The molecule has 1 aromatic carbocycles. The summed E-state index contributed by atoms with van der Waals surface area (Å²) in [6.07, 6.45) is 4.82. The first kappa shape index (κ1) is 14.7. The van der Waals surface area contributed by atoms with Gasteiger partial charge in [0, 0.05) is 0 Å². The van der Waals surface area contributed by atoms with Gasteiger partial charge in [0.2, 0.25) is 0 Å². The van der Waals surface area contributed by atoms with Crippen LogP contribution in [0.1, 0.15) is 64.5 Å². The van der Waals surface area contributed by atoms with E-state index in [1.54, 1.807) is 0 Å². The molecule has 3 nitrogen and oxygen atoms in total. The fourth-order valence-corrected chi connectivity index (χ4v) is 4.32. The molecule has 0 amide bonds. The SMILES string of the molecule is CC1(C)COB(c2ccc3c(c2)C(C)(C)OC32CCCC2)O1. The maximum atomic E-state index is 6.54. The second-order valence-corrected chi connectivity index (χ2v) is 8.14. The van der Waals surface area contributed by atoms with Gasteiger partial charge in [-0.1, -0.05) is 31.0 Å². The highest BCUT2D eigenvalue weighted by Crippen LogP contribution is 2.54. The summed E-state index contributed by atoms with van der Waals surface area (Å²) in [4.78, 5) is 0. The zero-order chi connectivity index (χ0) is 15.6. The summed E-state index contributed by atoms with van der Waals surface area (Å²) >= 11 is 0. The first-order valence-corrected chi connectivity index (χ1v) is 8.46. The maximum Gasteiger partial charge on any atom is 0.494 e. The van der Waals surface area contributed by atoms with Gasteiger partial charge in [-0.05, 0) is 57.1 Å². The summed E-state index contributed by atoms with van der Waals surface area (Å²) in [5, 5.41) is 0. The van der Waals surface area contributed by atoms with E-state index in [1.165, 1.54) is 24.0 Å². The van der Waals surface area contributed by atoms with Crippen molar-refractivity contribution in [2.75, 3.05) is 6.61 Å². The lowest BCUT2D eigenvalue weighted by Gasteiger charge is -2.28. The molecule has 0 aromatic heterocycles. The molecule has 1 aliphatic carbocycles. The van der Waals surface area contributed by atoms with Crippen LogP contribution in [0.2, 0.25) is 0 Å². The average Bonchev–Trinajstić information content (AvgIpc) is 3.10. The fourth-order valence-electron chi connectivity index (χ4n) is 4.32. The van der Waals surface area contributed by atoms with E-state index in [9.17, 15) is 0 Å². The molecule has 1 spiro atoms. The molecule has 1 saturated heterocycles. The van der Waals surface area contributed by atoms with Gasteiger partial charge in [-0.15, -0.1) is 0 Å². The monoisotopic (exact) mass is 300 g/mol. The van der Waals surface area contributed by atoms with E-state index >= 15 is 0 Å². The Balaban J connectivity index is 1.72. The van der Waals surface area contributed by atoms with Gasteiger partial charge in [0.15, 0.2) is 0 Å². The van der Waals surface area contributed by atoms with E-state index in [0.717, 1.165) is 18.3 Å². The van der Waals surface area contributed by atoms with Crippen LogP contribution in [0.15, 0.2) is 18.2 Å². The summed E-state index contributed by atoms with van der Waals surface area (Å²) in [5.41, 5.74) is 3.32. The van der Waals surface area contributed by atoms with E-state index < -0.39 is 0 Å². The molecule has 2 heterocycles. The molecule has 0 bridgehead atoms. The summed E-state index contributed by atoms with van der Waals surface area (Å²) in [6.45, 7) is 9.15. The Bertz CT molecular complexity index is 602. The van der Waals surface area contributed by atoms with E-state index in [-0.39, 0.29) is 23.9 Å². The number of benzene rings is 1. The molecule has 0 unspecified atom stereocenters. The van der Waals surface area contributed by atoms with Crippen LogP contribution in [-0.2, 0) is 25.2 Å². The highest BCUT2D eigenvalue weighted by atomic mass is 16.7. The van der Waals surface area contributed by atoms with Crippen molar-refractivity contribution < 1.29 is 14.0 Å². The van der Waals surface area contributed by atoms with Crippen LogP contribution in [0.25, 0.3) is 0 Å². The minimum absolute atomic E-state index is 0.0476. The maximum absolute atomic E-state index is 6.54. The fraction of sp³-hybridized carbons (Fsp3) is 0.667. The lowest BCUT2D eigenvalue weighted by Crippen LogP contribution is -2.35. The lowest BCUT2D eigenvalue weighted by molar-refractivity contribution is -0.122. The van der Waals surface area contributed by atoms with Gasteiger partial charge in [0.1, 0.15) is 0 Å². The predicted molar refractivity (Wildman–Crippen MR) is 87.2 cm³/mol. The van der Waals surface area contributed by atoms with Gasteiger partial charge in [-0.2, -0.15) is 0 Å². The van der Waals surface area contributed by atoms with Crippen molar-refractivity contribution in [1.29, 1.82) is 0 Å². The molecule has 3 aliphatic rings. The molecule has 1 aromatic rings. The Morgan fingerprint density at radius 1 is 1.00 bits per heavy atom. The van der Waals surface area contributed by atoms with Gasteiger partial charge in [-0.3, -0.25) is 0 Å².